The molecule has 1 aliphatic rings. The second kappa shape index (κ2) is 4.28. The summed E-state index contributed by atoms with van der Waals surface area (Å²) in [6.07, 6.45) is 2.43. The third-order valence-electron chi connectivity index (χ3n) is 3.10. The second-order valence-electron chi connectivity index (χ2n) is 4.41. The minimum atomic E-state index is -0.154. The van der Waals surface area contributed by atoms with E-state index in [1.807, 2.05) is 12.1 Å². The van der Waals surface area contributed by atoms with Crippen LogP contribution in [0, 0.1) is 5.92 Å². The van der Waals surface area contributed by atoms with E-state index in [9.17, 15) is 5.11 Å². The fraction of sp³-hybridized carbons (Fsp3) is 0.636. The van der Waals surface area contributed by atoms with E-state index in [1.54, 1.807) is 0 Å². The molecule has 1 heterocycles. The largest absolute Gasteiger partial charge is 0.453 e. The lowest BCUT2D eigenvalue weighted by Gasteiger charge is -2.28. The monoisotopic (exact) mass is 273 g/mol. The first-order valence-corrected chi connectivity index (χ1v) is 6.03. The molecule has 0 bridgehead atoms. The quantitative estimate of drug-likeness (QED) is 0.866. The van der Waals surface area contributed by atoms with Crippen molar-refractivity contribution < 1.29 is 9.52 Å². The van der Waals surface area contributed by atoms with Crippen LogP contribution in [0.4, 0.5) is 0 Å². The molecule has 1 atom stereocenters. The van der Waals surface area contributed by atoms with Crippen molar-refractivity contribution >= 4 is 15.9 Å². The molecule has 0 radical (unpaired) electrons. The average Bonchev–Trinajstić information content (AvgIpc) is 3.00. The van der Waals surface area contributed by atoms with Crippen LogP contribution >= 0.6 is 15.9 Å². The normalized spacial score (nSPS) is 20.2. The predicted octanol–water partition coefficient (Wildman–Crippen LogP) is 2.29. The maximum absolute atomic E-state index is 9.38. The van der Waals surface area contributed by atoms with Gasteiger partial charge in [-0.2, -0.15) is 0 Å². The highest BCUT2D eigenvalue weighted by Crippen LogP contribution is 2.39. The van der Waals surface area contributed by atoms with Gasteiger partial charge in [0.15, 0.2) is 4.67 Å². The van der Waals surface area contributed by atoms with E-state index in [2.05, 4.69) is 28.2 Å². The molecule has 0 saturated heterocycles. The fourth-order valence-corrected chi connectivity index (χ4v) is 2.13. The molecule has 1 aliphatic carbocycles. The highest BCUT2D eigenvalue weighted by molar-refractivity contribution is 9.10. The van der Waals surface area contributed by atoms with Gasteiger partial charge in [0.05, 0.1) is 13.2 Å². The summed E-state index contributed by atoms with van der Waals surface area (Å²) in [4.78, 5) is 0. The Morgan fingerprint density at radius 1 is 1.60 bits per heavy atom. The van der Waals surface area contributed by atoms with E-state index >= 15 is 0 Å². The third-order valence-corrected chi connectivity index (χ3v) is 3.53. The zero-order chi connectivity index (χ0) is 10.9. The first kappa shape index (κ1) is 11.2. The lowest BCUT2D eigenvalue weighted by molar-refractivity contribution is 0.151. The molecule has 2 rings (SSSR count). The van der Waals surface area contributed by atoms with E-state index in [-0.39, 0.29) is 12.1 Å². The van der Waals surface area contributed by atoms with Crippen molar-refractivity contribution in [1.82, 2.24) is 5.32 Å². The van der Waals surface area contributed by atoms with Crippen LogP contribution in [0.1, 0.15) is 25.5 Å². The summed E-state index contributed by atoms with van der Waals surface area (Å²) in [5, 5.41) is 12.7. The van der Waals surface area contributed by atoms with Crippen molar-refractivity contribution in [2.24, 2.45) is 5.92 Å². The Morgan fingerprint density at radius 3 is 2.80 bits per heavy atom. The molecule has 0 aromatic carbocycles. The van der Waals surface area contributed by atoms with Crippen molar-refractivity contribution in [1.29, 1.82) is 0 Å². The standard InChI is InChI=1S/C11H16BrNO2/c1-11(7-14,8-2-3-8)13-6-9-4-5-10(12)15-9/h4-5,8,13-14H,2-3,6-7H2,1H3/t11-/m1/s1. The van der Waals surface area contributed by atoms with Crippen molar-refractivity contribution in [3.63, 3.8) is 0 Å². The van der Waals surface area contributed by atoms with Gasteiger partial charge in [-0.05, 0) is 53.7 Å². The molecule has 3 nitrogen and oxygen atoms in total. The zero-order valence-corrected chi connectivity index (χ0v) is 10.4. The number of hydrogen-bond donors (Lipinski definition) is 2. The number of rotatable bonds is 5. The Kier molecular flexibility index (Phi) is 3.19. The van der Waals surface area contributed by atoms with Gasteiger partial charge in [0.1, 0.15) is 5.76 Å². The number of aliphatic hydroxyl groups is 1. The van der Waals surface area contributed by atoms with Crippen LogP contribution in [0.3, 0.4) is 0 Å². The van der Waals surface area contributed by atoms with Crippen LogP contribution in [0.5, 0.6) is 0 Å². The fourth-order valence-electron chi connectivity index (χ4n) is 1.79. The van der Waals surface area contributed by atoms with Gasteiger partial charge in [0, 0.05) is 5.54 Å². The van der Waals surface area contributed by atoms with Crippen LogP contribution < -0.4 is 5.32 Å². The Hall–Kier alpha value is -0.320. The van der Waals surface area contributed by atoms with Crippen molar-refractivity contribution in [3.05, 3.63) is 22.6 Å². The van der Waals surface area contributed by atoms with E-state index in [0.717, 1.165) is 10.4 Å². The number of furan rings is 1. The van der Waals surface area contributed by atoms with Gasteiger partial charge in [-0.3, -0.25) is 0 Å². The van der Waals surface area contributed by atoms with E-state index < -0.39 is 0 Å². The van der Waals surface area contributed by atoms with Crippen molar-refractivity contribution in [2.75, 3.05) is 6.61 Å². The molecule has 4 heteroatoms. The highest BCUT2D eigenvalue weighted by Gasteiger charge is 2.40. The first-order valence-electron chi connectivity index (χ1n) is 5.24. The van der Waals surface area contributed by atoms with E-state index in [4.69, 9.17) is 4.42 Å². The number of hydrogen-bond acceptors (Lipinski definition) is 3. The van der Waals surface area contributed by atoms with Crippen LogP contribution in [-0.4, -0.2) is 17.3 Å². The topological polar surface area (TPSA) is 45.4 Å². The summed E-state index contributed by atoms with van der Waals surface area (Å²) in [6, 6.07) is 3.81. The van der Waals surface area contributed by atoms with Gasteiger partial charge in [-0.25, -0.2) is 0 Å². The Labute approximate surface area is 98.0 Å². The first-order chi connectivity index (χ1) is 7.14. The molecule has 0 amide bonds. The molecule has 84 valence electrons. The molecule has 1 aromatic heterocycles. The smallest absolute Gasteiger partial charge is 0.169 e. The third kappa shape index (κ3) is 2.62. The van der Waals surface area contributed by atoms with Crippen LogP contribution in [0.2, 0.25) is 0 Å². The zero-order valence-electron chi connectivity index (χ0n) is 8.79. The molecule has 1 fully saturated rings. The molecule has 15 heavy (non-hydrogen) atoms. The summed E-state index contributed by atoms with van der Waals surface area (Å²) in [7, 11) is 0. The lowest BCUT2D eigenvalue weighted by Crippen LogP contribution is -2.47. The van der Waals surface area contributed by atoms with E-state index in [1.165, 1.54) is 12.8 Å². The summed E-state index contributed by atoms with van der Waals surface area (Å²) in [5.41, 5.74) is -0.154. The van der Waals surface area contributed by atoms with Crippen LogP contribution in [0.25, 0.3) is 0 Å². The van der Waals surface area contributed by atoms with E-state index in [0.29, 0.717) is 12.5 Å². The molecular formula is C11H16BrNO2. The minimum Gasteiger partial charge on any atom is -0.453 e. The maximum atomic E-state index is 9.38. The van der Waals surface area contributed by atoms with Crippen molar-refractivity contribution in [2.45, 2.75) is 31.8 Å². The average molecular weight is 274 g/mol. The molecule has 1 aromatic rings. The maximum Gasteiger partial charge on any atom is 0.169 e. The minimum absolute atomic E-state index is 0.154. The molecule has 1 saturated carbocycles. The Morgan fingerprint density at radius 2 is 2.33 bits per heavy atom. The van der Waals surface area contributed by atoms with Gasteiger partial charge in [-0.15, -0.1) is 0 Å². The molecule has 0 spiro atoms. The number of aliphatic hydroxyl groups excluding tert-OH is 1. The second-order valence-corrected chi connectivity index (χ2v) is 5.19. The van der Waals surface area contributed by atoms with Gasteiger partial charge in [0.25, 0.3) is 0 Å². The summed E-state index contributed by atoms with van der Waals surface area (Å²) >= 11 is 3.27. The lowest BCUT2D eigenvalue weighted by atomic mass is 9.97. The van der Waals surface area contributed by atoms with Crippen LogP contribution in [-0.2, 0) is 6.54 Å². The van der Waals surface area contributed by atoms with Crippen LogP contribution in [0.15, 0.2) is 21.2 Å². The highest BCUT2D eigenvalue weighted by atomic mass is 79.9. The molecule has 0 unspecified atom stereocenters. The van der Waals surface area contributed by atoms with Gasteiger partial charge in [0.2, 0.25) is 0 Å². The SMILES string of the molecule is C[C@](CO)(NCc1ccc(Br)o1)C1CC1. The summed E-state index contributed by atoms with van der Waals surface area (Å²) < 4.78 is 6.14. The summed E-state index contributed by atoms with van der Waals surface area (Å²) in [6.45, 7) is 2.92. The molecule has 2 N–H and O–H groups in total. The Balaban J connectivity index is 1.91. The van der Waals surface area contributed by atoms with Gasteiger partial charge in [-0.1, -0.05) is 0 Å². The Bertz CT molecular complexity index is 335. The molecular weight excluding hydrogens is 258 g/mol. The van der Waals surface area contributed by atoms with Crippen molar-refractivity contribution in [3.8, 4) is 0 Å². The molecule has 0 aliphatic heterocycles. The summed E-state index contributed by atoms with van der Waals surface area (Å²) in [5.74, 6) is 1.50. The number of halogens is 1. The van der Waals surface area contributed by atoms with Gasteiger partial charge >= 0.3 is 0 Å². The van der Waals surface area contributed by atoms with Gasteiger partial charge < -0.3 is 14.8 Å². The predicted molar refractivity (Wildman–Crippen MR) is 61.5 cm³/mol. The number of nitrogens with one attached hydrogen (secondary N) is 1.